The van der Waals surface area contributed by atoms with Gasteiger partial charge in [0.1, 0.15) is 6.10 Å². The number of urea groups is 1. The predicted octanol–water partition coefficient (Wildman–Crippen LogP) is 5.20. The van der Waals surface area contributed by atoms with Crippen LogP contribution in [0.4, 0.5) is 15.3 Å². The maximum Gasteiger partial charge on any atom is 0.410 e. The number of carbonyl (C=O) groups excluding carboxylic acids is 2. The van der Waals surface area contributed by atoms with Gasteiger partial charge in [-0.3, -0.25) is 10.1 Å². The van der Waals surface area contributed by atoms with Gasteiger partial charge >= 0.3 is 12.1 Å². The van der Waals surface area contributed by atoms with Crippen molar-refractivity contribution in [3.05, 3.63) is 89.4 Å². The molecule has 1 fully saturated rings. The monoisotopic (exact) mass is 510 g/mol. The molecule has 1 atom stereocenters. The number of aryl methyl sites for hydroxylation is 1. The van der Waals surface area contributed by atoms with Crippen molar-refractivity contribution >= 4 is 28.7 Å². The van der Waals surface area contributed by atoms with Crippen molar-refractivity contribution in [3.63, 3.8) is 0 Å². The highest BCUT2D eigenvalue weighted by atomic mass is 16.6. The van der Waals surface area contributed by atoms with E-state index in [0.717, 1.165) is 38.8 Å². The van der Waals surface area contributed by atoms with Crippen molar-refractivity contribution in [1.29, 1.82) is 0 Å². The lowest BCUT2D eigenvalue weighted by molar-refractivity contribution is 0.0476. The third kappa shape index (κ3) is 4.79. The minimum atomic E-state index is -0.470. The number of likely N-dealkylation sites (tertiary alicyclic amines) is 1. The molecule has 0 radical (unpaired) electrons. The number of aromatic amines is 1. The zero-order valence-corrected chi connectivity index (χ0v) is 21.3. The summed E-state index contributed by atoms with van der Waals surface area (Å²) in [5.74, 6) is 0. The predicted molar refractivity (Wildman–Crippen MR) is 144 cm³/mol. The zero-order chi connectivity index (χ0) is 26.1. The van der Waals surface area contributed by atoms with Gasteiger partial charge < -0.3 is 19.9 Å². The standard InChI is InChI=1S/C29H30N6O3/c1-19-13-20(14-23-17-31-33-27(19)23)15-26(21-6-4-10-30-16-21)38-29(37)34-11-8-24(9-12-34)35-18-22-5-2-3-7-25(22)32-28(35)36/h2-7,10,13-14,16-17,24,26H,8-9,11-12,15,18H2,1H3,(H,31,33)(H,32,36). The molecule has 2 aliphatic heterocycles. The fourth-order valence-corrected chi connectivity index (χ4v) is 5.51. The Morgan fingerprint density at radius 1 is 1.13 bits per heavy atom. The SMILES string of the molecule is Cc1cc(CC(OC(=O)N2CCC(N3Cc4ccccc4NC3=O)CC2)c2cccnc2)cc2cn[nH]c12. The number of fused-ring (bicyclic) bond motifs is 2. The lowest BCUT2D eigenvalue weighted by Gasteiger charge is -2.40. The molecule has 194 valence electrons. The Morgan fingerprint density at radius 3 is 2.79 bits per heavy atom. The van der Waals surface area contributed by atoms with Crippen molar-refractivity contribution in [2.45, 2.75) is 44.9 Å². The van der Waals surface area contributed by atoms with Gasteiger partial charge in [-0.2, -0.15) is 5.10 Å². The number of ether oxygens (including phenoxy) is 1. The number of aromatic nitrogens is 3. The number of anilines is 1. The second kappa shape index (κ2) is 10.2. The summed E-state index contributed by atoms with van der Waals surface area (Å²) >= 11 is 0. The van der Waals surface area contributed by atoms with Crippen LogP contribution in [0.25, 0.3) is 10.9 Å². The maximum atomic E-state index is 13.3. The number of amides is 3. The first-order chi connectivity index (χ1) is 18.5. The quantitative estimate of drug-likeness (QED) is 0.384. The number of piperidine rings is 1. The first-order valence-corrected chi connectivity index (χ1v) is 13.0. The van der Waals surface area contributed by atoms with Gasteiger partial charge in [0.25, 0.3) is 0 Å². The van der Waals surface area contributed by atoms with Crippen molar-refractivity contribution in [2.75, 3.05) is 18.4 Å². The van der Waals surface area contributed by atoms with E-state index in [0.29, 0.717) is 38.9 Å². The van der Waals surface area contributed by atoms with E-state index in [1.807, 2.05) is 54.4 Å². The fourth-order valence-electron chi connectivity index (χ4n) is 5.51. The molecule has 9 heteroatoms. The highest BCUT2D eigenvalue weighted by Gasteiger charge is 2.33. The minimum absolute atomic E-state index is 0.0752. The minimum Gasteiger partial charge on any atom is -0.441 e. The number of nitrogens with zero attached hydrogens (tertiary/aromatic N) is 4. The summed E-state index contributed by atoms with van der Waals surface area (Å²) in [4.78, 5) is 33.9. The van der Waals surface area contributed by atoms with E-state index in [9.17, 15) is 9.59 Å². The number of H-pyrrole nitrogens is 1. The molecule has 3 amide bonds. The van der Waals surface area contributed by atoms with Crippen LogP contribution in [0.1, 0.15) is 41.2 Å². The van der Waals surface area contributed by atoms with E-state index in [2.05, 4.69) is 32.6 Å². The molecule has 9 nitrogen and oxygen atoms in total. The average molecular weight is 511 g/mol. The number of hydrogen-bond acceptors (Lipinski definition) is 5. The summed E-state index contributed by atoms with van der Waals surface area (Å²) in [6, 6.07) is 15.9. The molecule has 0 saturated carbocycles. The summed E-state index contributed by atoms with van der Waals surface area (Å²) in [6.07, 6.45) is 6.40. The first kappa shape index (κ1) is 24.0. The van der Waals surface area contributed by atoms with Gasteiger partial charge in [-0.15, -0.1) is 0 Å². The fraction of sp³-hybridized carbons (Fsp3) is 0.310. The van der Waals surface area contributed by atoms with E-state index in [4.69, 9.17) is 4.74 Å². The Labute approximate surface area is 220 Å². The molecule has 2 aromatic carbocycles. The summed E-state index contributed by atoms with van der Waals surface area (Å²) < 4.78 is 6.09. The zero-order valence-electron chi connectivity index (χ0n) is 21.3. The van der Waals surface area contributed by atoms with Crippen LogP contribution in [-0.2, 0) is 17.7 Å². The Bertz CT molecular complexity index is 1460. The van der Waals surface area contributed by atoms with Crippen LogP contribution < -0.4 is 5.32 Å². The summed E-state index contributed by atoms with van der Waals surface area (Å²) in [7, 11) is 0. The number of para-hydroxylation sites is 1. The molecule has 4 heterocycles. The molecule has 2 aromatic heterocycles. The van der Waals surface area contributed by atoms with Crippen molar-refractivity contribution in [1.82, 2.24) is 25.0 Å². The largest absolute Gasteiger partial charge is 0.441 e. The van der Waals surface area contributed by atoms with Crippen LogP contribution in [0.15, 0.2) is 67.1 Å². The number of nitrogens with one attached hydrogen (secondary N) is 2. The van der Waals surface area contributed by atoms with Gasteiger partial charge in [0, 0.05) is 61.1 Å². The average Bonchev–Trinajstić information content (AvgIpc) is 3.42. The Kier molecular flexibility index (Phi) is 6.41. The van der Waals surface area contributed by atoms with Gasteiger partial charge in [-0.05, 0) is 54.7 Å². The van der Waals surface area contributed by atoms with Crippen molar-refractivity contribution in [2.24, 2.45) is 0 Å². The third-order valence-electron chi connectivity index (χ3n) is 7.55. The third-order valence-corrected chi connectivity index (χ3v) is 7.55. The second-order valence-corrected chi connectivity index (χ2v) is 10.0. The van der Waals surface area contributed by atoms with Gasteiger partial charge in [0.05, 0.1) is 11.7 Å². The van der Waals surface area contributed by atoms with E-state index in [1.54, 1.807) is 17.3 Å². The molecule has 1 unspecified atom stereocenters. The van der Waals surface area contributed by atoms with Crippen LogP contribution >= 0.6 is 0 Å². The van der Waals surface area contributed by atoms with Gasteiger partial charge in [0.2, 0.25) is 0 Å². The Morgan fingerprint density at radius 2 is 1.97 bits per heavy atom. The van der Waals surface area contributed by atoms with Crippen LogP contribution in [0.2, 0.25) is 0 Å². The molecular weight excluding hydrogens is 480 g/mol. The number of pyridine rings is 1. The highest BCUT2D eigenvalue weighted by molar-refractivity contribution is 5.92. The maximum absolute atomic E-state index is 13.3. The van der Waals surface area contributed by atoms with Crippen LogP contribution in [0, 0.1) is 6.92 Å². The molecule has 4 aromatic rings. The number of hydrogen-bond donors (Lipinski definition) is 2. The van der Waals surface area contributed by atoms with Gasteiger partial charge in [-0.25, -0.2) is 9.59 Å². The van der Waals surface area contributed by atoms with Gasteiger partial charge in [-0.1, -0.05) is 30.3 Å². The number of carbonyl (C=O) groups is 2. The van der Waals surface area contributed by atoms with Gasteiger partial charge in [0.15, 0.2) is 0 Å². The molecule has 2 N–H and O–H groups in total. The van der Waals surface area contributed by atoms with E-state index in [-0.39, 0.29) is 18.2 Å². The van der Waals surface area contributed by atoms with Crippen molar-refractivity contribution in [3.8, 4) is 0 Å². The number of benzene rings is 2. The van der Waals surface area contributed by atoms with E-state index < -0.39 is 6.10 Å². The normalized spacial score (nSPS) is 16.7. The molecule has 38 heavy (non-hydrogen) atoms. The van der Waals surface area contributed by atoms with Crippen LogP contribution in [0.5, 0.6) is 0 Å². The smallest absolute Gasteiger partial charge is 0.410 e. The summed E-state index contributed by atoms with van der Waals surface area (Å²) in [5.41, 5.74) is 6.00. The number of rotatable bonds is 5. The Balaban J connectivity index is 1.12. The molecule has 1 saturated heterocycles. The first-order valence-electron chi connectivity index (χ1n) is 13.0. The van der Waals surface area contributed by atoms with Crippen LogP contribution in [0.3, 0.4) is 0 Å². The lowest BCUT2D eigenvalue weighted by atomic mass is 9.99. The van der Waals surface area contributed by atoms with Crippen LogP contribution in [-0.4, -0.2) is 56.2 Å². The molecule has 0 aliphatic carbocycles. The van der Waals surface area contributed by atoms with E-state index >= 15 is 0 Å². The molecule has 0 bridgehead atoms. The van der Waals surface area contributed by atoms with Crippen molar-refractivity contribution < 1.29 is 14.3 Å². The molecule has 2 aliphatic rings. The summed E-state index contributed by atoms with van der Waals surface area (Å²) in [6.45, 7) is 3.70. The molecular formula is C29H30N6O3. The lowest BCUT2D eigenvalue weighted by Crippen LogP contribution is -2.51. The highest BCUT2D eigenvalue weighted by Crippen LogP contribution is 2.29. The molecule has 0 spiro atoms. The molecule has 6 rings (SSSR count). The second-order valence-electron chi connectivity index (χ2n) is 10.0. The Hall–Kier alpha value is -4.40. The summed E-state index contributed by atoms with van der Waals surface area (Å²) in [5, 5.41) is 11.2. The van der Waals surface area contributed by atoms with E-state index in [1.165, 1.54) is 0 Å². The topological polar surface area (TPSA) is 103 Å².